The first kappa shape index (κ1) is 34.2. The lowest BCUT2D eigenvalue weighted by Crippen LogP contribution is -2.60. The maximum Gasteiger partial charge on any atom is 0.374 e. The maximum absolute atomic E-state index is 13.5. The van der Waals surface area contributed by atoms with Gasteiger partial charge in [0.15, 0.2) is 5.82 Å². The number of likely N-dealkylation sites (N-methyl/N-ethyl adjacent to an activating group) is 1. The summed E-state index contributed by atoms with van der Waals surface area (Å²) in [4.78, 5) is 45.2. The molecule has 2 unspecified atom stereocenters. The first-order chi connectivity index (χ1) is 19.4. The molecule has 1 heterocycles. The van der Waals surface area contributed by atoms with Crippen molar-refractivity contribution in [3.8, 4) is 0 Å². The van der Waals surface area contributed by atoms with Crippen molar-refractivity contribution in [2.24, 2.45) is 0 Å². The molecule has 0 bridgehead atoms. The van der Waals surface area contributed by atoms with E-state index in [0.717, 1.165) is 12.0 Å². The van der Waals surface area contributed by atoms with E-state index in [2.05, 4.69) is 20.8 Å². The van der Waals surface area contributed by atoms with Crippen LogP contribution in [0, 0.1) is 5.82 Å². The van der Waals surface area contributed by atoms with Crippen LogP contribution in [0.4, 0.5) is 10.2 Å². The maximum atomic E-state index is 13.5. The van der Waals surface area contributed by atoms with Crippen molar-refractivity contribution in [2.45, 2.75) is 65.0 Å². The van der Waals surface area contributed by atoms with Gasteiger partial charge < -0.3 is 30.4 Å². The molecular weight excluding hydrogens is 538 g/mol. The molecule has 0 aliphatic heterocycles. The molecule has 12 heteroatoms. The minimum atomic E-state index is -1.14. The van der Waals surface area contributed by atoms with Gasteiger partial charge in [-0.25, -0.2) is 9.37 Å². The van der Waals surface area contributed by atoms with Crippen molar-refractivity contribution in [3.63, 3.8) is 0 Å². The third-order valence-corrected chi connectivity index (χ3v) is 6.57. The van der Waals surface area contributed by atoms with Crippen molar-refractivity contribution in [1.29, 1.82) is 0 Å². The van der Waals surface area contributed by atoms with Crippen LogP contribution in [0.3, 0.4) is 0 Å². The van der Waals surface area contributed by atoms with E-state index in [1.807, 2.05) is 30.3 Å². The number of imidazole rings is 1. The predicted octanol–water partition coefficient (Wildman–Crippen LogP) is 3.26. The number of carbonyl (C=O) groups excluding carboxylic acids is 3. The standard InChI is InChI=1S/C29H38BFN6O4.CH4/c1-29(2,35-30(3)41)28(40)33-23(13-9-12-20-10-7-6-8-11-20)26(38)34-24-18-37(19-32-24)25(27(39)36(4)5)21-14-16-22(31)17-15-21;/h6-8,10-11,14-19,23,25,35,41H,9,12-13H2,1-5H3,(H,33,40)(H,34,38);1H4. The molecule has 0 radical (unpaired) electrons. The van der Waals surface area contributed by atoms with Gasteiger partial charge in [0.2, 0.25) is 17.7 Å². The van der Waals surface area contributed by atoms with Crippen LogP contribution in [-0.4, -0.2) is 69.9 Å². The number of nitrogens with zero attached hydrogens (tertiary/aromatic N) is 3. The summed E-state index contributed by atoms with van der Waals surface area (Å²) in [5.41, 5.74) is 0.535. The van der Waals surface area contributed by atoms with Crippen LogP contribution >= 0.6 is 0 Å². The van der Waals surface area contributed by atoms with Crippen molar-refractivity contribution >= 4 is 30.6 Å². The molecule has 0 aliphatic rings. The zero-order valence-corrected chi connectivity index (χ0v) is 24.1. The van der Waals surface area contributed by atoms with E-state index in [4.69, 9.17) is 0 Å². The first-order valence-corrected chi connectivity index (χ1v) is 13.5. The van der Waals surface area contributed by atoms with Crippen molar-refractivity contribution in [1.82, 2.24) is 25.0 Å². The Balaban J connectivity index is 0.00000616. The Bertz CT molecular complexity index is 1310. The summed E-state index contributed by atoms with van der Waals surface area (Å²) < 4.78 is 15.1. The lowest BCUT2D eigenvalue weighted by molar-refractivity contribution is -0.131. The monoisotopic (exact) mass is 580 g/mol. The van der Waals surface area contributed by atoms with Gasteiger partial charge in [0.1, 0.15) is 17.9 Å². The van der Waals surface area contributed by atoms with Crippen LogP contribution in [0.1, 0.15) is 51.3 Å². The molecule has 2 atom stereocenters. The highest BCUT2D eigenvalue weighted by Gasteiger charge is 2.33. The Morgan fingerprint density at radius 1 is 1.10 bits per heavy atom. The van der Waals surface area contributed by atoms with Gasteiger partial charge in [-0.05, 0) is 63.2 Å². The van der Waals surface area contributed by atoms with Crippen LogP contribution in [-0.2, 0) is 20.8 Å². The summed E-state index contributed by atoms with van der Waals surface area (Å²) in [7, 11) is 2.31. The average Bonchev–Trinajstić information content (AvgIpc) is 3.36. The number of hydrogen-bond acceptors (Lipinski definition) is 6. The molecule has 4 N–H and O–H groups in total. The number of hydrogen-bond donors (Lipinski definition) is 4. The molecule has 2 aromatic carbocycles. The summed E-state index contributed by atoms with van der Waals surface area (Å²) in [5.74, 6) is -1.41. The van der Waals surface area contributed by atoms with Crippen LogP contribution in [0.5, 0.6) is 0 Å². The number of amides is 3. The Morgan fingerprint density at radius 2 is 1.74 bits per heavy atom. The molecule has 0 saturated carbocycles. The smallest absolute Gasteiger partial charge is 0.374 e. The molecular formula is C30H42BFN6O4. The number of nitrogens with one attached hydrogen (secondary N) is 3. The van der Waals surface area contributed by atoms with Crippen LogP contribution in [0.15, 0.2) is 67.1 Å². The fourth-order valence-electron chi connectivity index (χ4n) is 4.44. The number of aromatic nitrogens is 2. The van der Waals surface area contributed by atoms with E-state index < -0.39 is 42.3 Å². The number of aryl methyl sites for hydroxylation is 1. The summed E-state index contributed by atoms with van der Waals surface area (Å²) in [5, 5.41) is 18.1. The van der Waals surface area contributed by atoms with Gasteiger partial charge in [-0.3, -0.25) is 14.4 Å². The number of benzene rings is 2. The lowest BCUT2D eigenvalue weighted by Gasteiger charge is -2.28. The summed E-state index contributed by atoms with van der Waals surface area (Å²) in [6, 6.07) is 13.7. The molecule has 0 saturated heterocycles. The summed E-state index contributed by atoms with van der Waals surface area (Å²) >= 11 is 0. The van der Waals surface area contributed by atoms with Crippen LogP contribution in [0.2, 0.25) is 6.82 Å². The number of rotatable bonds is 13. The third kappa shape index (κ3) is 9.52. The first-order valence-electron chi connectivity index (χ1n) is 13.5. The summed E-state index contributed by atoms with van der Waals surface area (Å²) in [6.07, 6.45) is 4.65. The molecule has 3 aromatic rings. The van der Waals surface area contributed by atoms with Crippen molar-refractivity contribution < 1.29 is 23.8 Å². The molecule has 3 amide bonds. The van der Waals surface area contributed by atoms with Crippen LogP contribution in [0.25, 0.3) is 0 Å². The molecule has 42 heavy (non-hydrogen) atoms. The number of halogens is 1. The van der Waals surface area contributed by atoms with Gasteiger partial charge in [0, 0.05) is 20.3 Å². The van der Waals surface area contributed by atoms with Gasteiger partial charge >= 0.3 is 7.05 Å². The second kappa shape index (κ2) is 15.3. The van der Waals surface area contributed by atoms with Gasteiger partial charge in [-0.2, -0.15) is 0 Å². The fraction of sp³-hybridized carbons (Fsp3) is 0.400. The molecule has 0 spiro atoms. The van der Waals surface area contributed by atoms with Gasteiger partial charge in [-0.1, -0.05) is 49.9 Å². The Morgan fingerprint density at radius 3 is 2.33 bits per heavy atom. The quantitative estimate of drug-likeness (QED) is 0.230. The Hall–Kier alpha value is -4.03. The van der Waals surface area contributed by atoms with Gasteiger partial charge in [0.05, 0.1) is 11.9 Å². The molecule has 226 valence electrons. The number of anilines is 1. The van der Waals surface area contributed by atoms with E-state index in [9.17, 15) is 23.8 Å². The molecule has 1 aromatic heterocycles. The van der Waals surface area contributed by atoms with Gasteiger partial charge in [0.25, 0.3) is 0 Å². The zero-order chi connectivity index (χ0) is 30.2. The average molecular weight is 581 g/mol. The molecule has 10 nitrogen and oxygen atoms in total. The number of carbonyl (C=O) groups is 3. The zero-order valence-electron chi connectivity index (χ0n) is 24.1. The van der Waals surface area contributed by atoms with Crippen molar-refractivity contribution in [2.75, 3.05) is 19.4 Å². The van der Waals surface area contributed by atoms with E-state index in [-0.39, 0.29) is 19.2 Å². The van der Waals surface area contributed by atoms with Crippen LogP contribution < -0.4 is 15.9 Å². The molecule has 0 aliphatic carbocycles. The second-order valence-corrected chi connectivity index (χ2v) is 10.7. The van der Waals surface area contributed by atoms with E-state index in [1.165, 1.54) is 48.5 Å². The fourth-order valence-corrected chi connectivity index (χ4v) is 4.44. The largest absolute Gasteiger partial charge is 0.437 e. The second-order valence-electron chi connectivity index (χ2n) is 10.7. The summed E-state index contributed by atoms with van der Waals surface area (Å²) in [6.45, 7) is 4.75. The minimum absolute atomic E-state index is 0. The topological polar surface area (TPSA) is 129 Å². The Kier molecular flexibility index (Phi) is 12.4. The van der Waals surface area contributed by atoms with E-state index in [0.29, 0.717) is 18.4 Å². The van der Waals surface area contributed by atoms with Crippen molar-refractivity contribution in [3.05, 3.63) is 84.1 Å². The predicted molar refractivity (Wildman–Crippen MR) is 163 cm³/mol. The highest BCUT2D eigenvalue weighted by Crippen LogP contribution is 2.23. The normalized spacial score (nSPS) is 12.5. The van der Waals surface area contributed by atoms with E-state index >= 15 is 0 Å². The van der Waals surface area contributed by atoms with Gasteiger partial charge in [-0.15, -0.1) is 0 Å². The SMILES string of the molecule is C.CB(O)NC(C)(C)C(=O)NC(CCCc1ccccc1)C(=O)Nc1cn(C(C(=O)N(C)C)c2ccc(F)cc2)cn1. The molecule has 0 fully saturated rings. The third-order valence-electron chi connectivity index (χ3n) is 6.57. The lowest BCUT2D eigenvalue weighted by atomic mass is 9.83. The highest BCUT2D eigenvalue weighted by molar-refractivity contribution is 6.46. The highest BCUT2D eigenvalue weighted by atomic mass is 19.1. The minimum Gasteiger partial charge on any atom is -0.437 e. The molecule has 3 rings (SSSR count). The van der Waals surface area contributed by atoms with E-state index in [1.54, 1.807) is 32.5 Å². The Labute approximate surface area is 247 Å².